The van der Waals surface area contributed by atoms with Gasteiger partial charge in [0.25, 0.3) is 0 Å². The van der Waals surface area contributed by atoms with Crippen molar-refractivity contribution in [2.24, 2.45) is 0 Å². The Morgan fingerprint density at radius 2 is 1.55 bits per heavy atom. The van der Waals surface area contributed by atoms with Gasteiger partial charge in [-0.2, -0.15) is 0 Å². The molecule has 2 N–H and O–H groups in total. The SMILES string of the molecule is CC(c1ccccc1)C(c1ccccc1I)P(=O)(O)O. The highest BCUT2D eigenvalue weighted by atomic mass is 127. The van der Waals surface area contributed by atoms with Crippen LogP contribution in [-0.2, 0) is 4.57 Å². The monoisotopic (exact) mass is 402 g/mol. The van der Waals surface area contributed by atoms with E-state index in [9.17, 15) is 14.4 Å². The lowest BCUT2D eigenvalue weighted by Crippen LogP contribution is -2.10. The summed E-state index contributed by atoms with van der Waals surface area (Å²) in [5.41, 5.74) is 0.816. The lowest BCUT2D eigenvalue weighted by atomic mass is 9.93. The summed E-state index contributed by atoms with van der Waals surface area (Å²) in [4.78, 5) is 19.6. The van der Waals surface area contributed by atoms with Crippen LogP contribution in [0.4, 0.5) is 0 Å². The van der Waals surface area contributed by atoms with Crippen LogP contribution in [0.1, 0.15) is 29.6 Å². The van der Waals surface area contributed by atoms with E-state index in [0.717, 1.165) is 9.13 Å². The molecule has 2 aromatic carbocycles. The maximum Gasteiger partial charge on any atom is 0.333 e. The van der Waals surface area contributed by atoms with Crippen LogP contribution in [0.2, 0.25) is 0 Å². The molecule has 0 saturated heterocycles. The predicted octanol–water partition coefficient (Wildman–Crippen LogP) is 4.31. The van der Waals surface area contributed by atoms with E-state index in [1.165, 1.54) is 0 Å². The Labute approximate surface area is 132 Å². The minimum atomic E-state index is -4.25. The Morgan fingerprint density at radius 3 is 2.10 bits per heavy atom. The van der Waals surface area contributed by atoms with Crippen LogP contribution in [0.15, 0.2) is 54.6 Å². The number of rotatable bonds is 4. The van der Waals surface area contributed by atoms with E-state index in [1.807, 2.05) is 55.5 Å². The van der Waals surface area contributed by atoms with Crippen LogP contribution in [0.5, 0.6) is 0 Å². The zero-order chi connectivity index (χ0) is 14.8. The minimum absolute atomic E-state index is 0.257. The first-order valence-electron chi connectivity index (χ1n) is 6.26. The maximum absolute atomic E-state index is 12.0. The van der Waals surface area contributed by atoms with Gasteiger partial charge in [0, 0.05) is 3.57 Å². The van der Waals surface area contributed by atoms with Crippen molar-refractivity contribution in [3.63, 3.8) is 0 Å². The molecule has 5 heteroatoms. The van der Waals surface area contributed by atoms with E-state index < -0.39 is 13.3 Å². The zero-order valence-electron chi connectivity index (χ0n) is 11.0. The highest BCUT2D eigenvalue weighted by molar-refractivity contribution is 14.1. The molecule has 2 aromatic rings. The van der Waals surface area contributed by atoms with Crippen molar-refractivity contribution in [3.05, 3.63) is 69.3 Å². The number of hydrogen-bond donors (Lipinski definition) is 2. The molecule has 0 spiro atoms. The first kappa shape index (κ1) is 15.7. The fraction of sp³-hybridized carbons (Fsp3) is 0.200. The van der Waals surface area contributed by atoms with Gasteiger partial charge in [-0.3, -0.25) is 4.57 Å². The van der Waals surface area contributed by atoms with Gasteiger partial charge in [0.2, 0.25) is 0 Å². The molecule has 2 rings (SSSR count). The topological polar surface area (TPSA) is 57.5 Å². The molecule has 106 valence electrons. The van der Waals surface area contributed by atoms with Crippen LogP contribution in [0.25, 0.3) is 0 Å². The minimum Gasteiger partial charge on any atom is -0.324 e. The molecule has 0 aliphatic carbocycles. The second-order valence-corrected chi connectivity index (χ2v) is 7.65. The van der Waals surface area contributed by atoms with Crippen molar-refractivity contribution < 1.29 is 14.4 Å². The molecule has 2 atom stereocenters. The molecule has 0 aromatic heterocycles. The van der Waals surface area contributed by atoms with E-state index in [0.29, 0.717) is 5.56 Å². The summed E-state index contributed by atoms with van der Waals surface area (Å²) in [5.74, 6) is -0.257. The van der Waals surface area contributed by atoms with Gasteiger partial charge >= 0.3 is 7.60 Å². The third-order valence-electron chi connectivity index (χ3n) is 3.39. The van der Waals surface area contributed by atoms with Gasteiger partial charge < -0.3 is 9.79 Å². The molecule has 0 aliphatic rings. The van der Waals surface area contributed by atoms with E-state index >= 15 is 0 Å². The molecule has 0 aliphatic heterocycles. The van der Waals surface area contributed by atoms with Gasteiger partial charge in [0.05, 0.1) is 5.66 Å². The molecule has 0 saturated carbocycles. The number of halogens is 1. The lowest BCUT2D eigenvalue weighted by molar-refractivity contribution is 0.351. The first-order chi connectivity index (χ1) is 9.41. The maximum atomic E-state index is 12.0. The van der Waals surface area contributed by atoms with Gasteiger partial charge in [-0.25, -0.2) is 0 Å². The van der Waals surface area contributed by atoms with E-state index in [-0.39, 0.29) is 5.92 Å². The van der Waals surface area contributed by atoms with Gasteiger partial charge in [-0.15, -0.1) is 0 Å². The Bertz CT molecular complexity index is 624. The zero-order valence-corrected chi connectivity index (χ0v) is 14.0. The summed E-state index contributed by atoms with van der Waals surface area (Å²) in [7, 11) is -4.25. The van der Waals surface area contributed by atoms with Crippen molar-refractivity contribution in [2.45, 2.75) is 18.5 Å². The van der Waals surface area contributed by atoms with Crippen molar-refractivity contribution >= 4 is 30.2 Å². The third-order valence-corrected chi connectivity index (χ3v) is 5.82. The molecule has 2 unspecified atom stereocenters. The summed E-state index contributed by atoms with van der Waals surface area (Å²) in [5, 5.41) is 0. The number of benzene rings is 2. The Hall–Kier alpha value is -0.680. The van der Waals surface area contributed by atoms with Gasteiger partial charge in [-0.05, 0) is 45.7 Å². The molecule has 0 bridgehead atoms. The van der Waals surface area contributed by atoms with Crippen molar-refractivity contribution in [1.82, 2.24) is 0 Å². The van der Waals surface area contributed by atoms with Crippen LogP contribution in [-0.4, -0.2) is 9.79 Å². The van der Waals surface area contributed by atoms with Crippen LogP contribution in [0.3, 0.4) is 0 Å². The molecular formula is C15H16IO3P. The van der Waals surface area contributed by atoms with Gasteiger partial charge in [-0.1, -0.05) is 55.5 Å². The molecular weight excluding hydrogens is 386 g/mol. The molecule has 3 nitrogen and oxygen atoms in total. The van der Waals surface area contributed by atoms with E-state index in [4.69, 9.17) is 0 Å². The summed E-state index contributed by atoms with van der Waals surface area (Å²) in [6.45, 7) is 1.86. The Morgan fingerprint density at radius 1 is 1.00 bits per heavy atom. The number of hydrogen-bond acceptors (Lipinski definition) is 1. The predicted molar refractivity (Wildman–Crippen MR) is 88.8 cm³/mol. The van der Waals surface area contributed by atoms with E-state index in [2.05, 4.69) is 22.6 Å². The third kappa shape index (κ3) is 3.50. The summed E-state index contributed by atoms with van der Waals surface area (Å²) >= 11 is 2.12. The largest absolute Gasteiger partial charge is 0.333 e. The average molecular weight is 402 g/mol. The highest BCUT2D eigenvalue weighted by Gasteiger charge is 2.37. The molecule has 0 heterocycles. The highest BCUT2D eigenvalue weighted by Crippen LogP contribution is 2.58. The van der Waals surface area contributed by atoms with Crippen molar-refractivity contribution in [3.8, 4) is 0 Å². The fourth-order valence-corrected chi connectivity index (χ4v) is 4.71. The van der Waals surface area contributed by atoms with Gasteiger partial charge in [0.1, 0.15) is 0 Å². The lowest BCUT2D eigenvalue weighted by Gasteiger charge is -2.26. The van der Waals surface area contributed by atoms with Crippen LogP contribution in [0, 0.1) is 3.57 Å². The summed E-state index contributed by atoms with van der Waals surface area (Å²) < 4.78 is 12.9. The van der Waals surface area contributed by atoms with E-state index in [1.54, 1.807) is 6.07 Å². The van der Waals surface area contributed by atoms with Crippen molar-refractivity contribution in [1.29, 1.82) is 0 Å². The normalized spacial score (nSPS) is 14.8. The molecule has 0 fully saturated rings. The van der Waals surface area contributed by atoms with Crippen LogP contribution < -0.4 is 0 Å². The summed E-state index contributed by atoms with van der Waals surface area (Å²) in [6, 6.07) is 16.8. The first-order valence-corrected chi connectivity index (χ1v) is 9.02. The second-order valence-electron chi connectivity index (χ2n) is 4.75. The fourth-order valence-electron chi connectivity index (χ4n) is 2.40. The average Bonchev–Trinajstić information content (AvgIpc) is 2.41. The molecule has 20 heavy (non-hydrogen) atoms. The molecule has 0 radical (unpaired) electrons. The summed E-state index contributed by atoms with van der Waals surface area (Å²) in [6.07, 6.45) is 0. The Balaban J connectivity index is 2.50. The second kappa shape index (κ2) is 6.39. The van der Waals surface area contributed by atoms with Crippen LogP contribution >= 0.6 is 30.2 Å². The quantitative estimate of drug-likeness (QED) is 0.592. The van der Waals surface area contributed by atoms with Crippen molar-refractivity contribution in [2.75, 3.05) is 0 Å². The smallest absolute Gasteiger partial charge is 0.324 e. The molecule has 0 amide bonds. The van der Waals surface area contributed by atoms with Gasteiger partial charge in [0.15, 0.2) is 0 Å². The standard InChI is InChI=1S/C15H16IO3P/c1-11(12-7-3-2-4-8-12)15(20(17,18)19)13-9-5-6-10-14(13)16/h2-11,15H,1H3,(H2,17,18,19). The Kier molecular flexibility index (Phi) is 5.02.